The minimum absolute atomic E-state index is 0.000521. The van der Waals surface area contributed by atoms with E-state index in [9.17, 15) is 9.59 Å². The van der Waals surface area contributed by atoms with Crippen LogP contribution in [-0.4, -0.2) is 70.3 Å². The van der Waals surface area contributed by atoms with Crippen LogP contribution in [0.2, 0.25) is 0 Å². The largest absolute Gasteiger partial charge is 0.385 e. The van der Waals surface area contributed by atoms with Crippen molar-refractivity contribution in [2.75, 3.05) is 47.6 Å². The molecule has 0 saturated heterocycles. The summed E-state index contributed by atoms with van der Waals surface area (Å²) in [6.07, 6.45) is 1.26. The summed E-state index contributed by atoms with van der Waals surface area (Å²) in [4.78, 5) is 24.7. The summed E-state index contributed by atoms with van der Waals surface area (Å²) < 4.78 is 9.71. The number of methoxy groups -OCH3 is 2. The summed E-state index contributed by atoms with van der Waals surface area (Å²) in [5.74, 6) is -0.463. The van der Waals surface area contributed by atoms with Gasteiger partial charge in [0.1, 0.15) is 0 Å². The lowest BCUT2D eigenvalue weighted by Crippen LogP contribution is -2.46. The Labute approximate surface area is 114 Å². The number of amides is 2. The molecule has 1 atom stereocenters. The maximum Gasteiger partial charge on any atom is 0.239 e. The second kappa shape index (κ2) is 10.7. The Kier molecular flexibility index (Phi) is 10.1. The van der Waals surface area contributed by atoms with Crippen LogP contribution in [0.1, 0.15) is 12.8 Å². The van der Waals surface area contributed by atoms with Crippen molar-refractivity contribution in [1.29, 1.82) is 0 Å². The number of nitrogens with one attached hydrogen (secondary N) is 1. The van der Waals surface area contributed by atoms with Crippen LogP contribution in [0.5, 0.6) is 0 Å². The monoisotopic (exact) mass is 275 g/mol. The van der Waals surface area contributed by atoms with E-state index in [0.29, 0.717) is 26.2 Å². The van der Waals surface area contributed by atoms with Gasteiger partial charge in [0.15, 0.2) is 0 Å². The molecule has 7 heteroatoms. The second-order valence-corrected chi connectivity index (χ2v) is 4.28. The van der Waals surface area contributed by atoms with Crippen LogP contribution >= 0.6 is 0 Å². The predicted octanol–water partition coefficient (Wildman–Crippen LogP) is -1.04. The van der Waals surface area contributed by atoms with Crippen molar-refractivity contribution in [2.24, 2.45) is 5.73 Å². The standard InChI is InChI=1S/C12H25N3O4/c1-15(9-11(16)14-6-8-19-3)12(17)10(13)5-4-7-18-2/h10H,4-9,13H2,1-3H3,(H,14,16). The zero-order chi connectivity index (χ0) is 14.7. The molecule has 0 saturated carbocycles. The number of carbonyl (C=O) groups excluding carboxylic acids is 2. The van der Waals surface area contributed by atoms with E-state index >= 15 is 0 Å². The Bertz CT molecular complexity index is 274. The van der Waals surface area contributed by atoms with Crippen molar-refractivity contribution in [1.82, 2.24) is 10.2 Å². The SMILES string of the molecule is COCCCC(N)C(=O)N(C)CC(=O)NCCOC. The molecule has 0 radical (unpaired) electrons. The zero-order valence-corrected chi connectivity index (χ0v) is 12.0. The molecular weight excluding hydrogens is 250 g/mol. The molecule has 0 aromatic heterocycles. The van der Waals surface area contributed by atoms with E-state index in [0.717, 1.165) is 6.42 Å². The smallest absolute Gasteiger partial charge is 0.239 e. The lowest BCUT2D eigenvalue weighted by Gasteiger charge is -2.20. The molecule has 0 aromatic rings. The molecule has 0 aliphatic heterocycles. The Morgan fingerprint density at radius 3 is 2.47 bits per heavy atom. The third kappa shape index (κ3) is 8.52. The zero-order valence-electron chi connectivity index (χ0n) is 12.0. The van der Waals surface area contributed by atoms with Crippen LogP contribution in [-0.2, 0) is 19.1 Å². The van der Waals surface area contributed by atoms with E-state index in [4.69, 9.17) is 15.2 Å². The highest BCUT2D eigenvalue weighted by Crippen LogP contribution is 1.99. The molecule has 0 fully saturated rings. The summed E-state index contributed by atoms with van der Waals surface area (Å²) in [7, 11) is 4.72. The average Bonchev–Trinajstić information content (AvgIpc) is 2.38. The highest BCUT2D eigenvalue weighted by Gasteiger charge is 2.19. The lowest BCUT2D eigenvalue weighted by molar-refractivity contribution is -0.135. The van der Waals surface area contributed by atoms with Gasteiger partial charge in [-0.3, -0.25) is 9.59 Å². The first-order valence-electron chi connectivity index (χ1n) is 6.28. The second-order valence-electron chi connectivity index (χ2n) is 4.28. The van der Waals surface area contributed by atoms with Gasteiger partial charge in [0.25, 0.3) is 0 Å². The quantitative estimate of drug-likeness (QED) is 0.497. The fourth-order valence-electron chi connectivity index (χ4n) is 1.50. The predicted molar refractivity (Wildman–Crippen MR) is 71.6 cm³/mol. The Balaban J connectivity index is 3.93. The van der Waals surface area contributed by atoms with Crippen LogP contribution in [0.4, 0.5) is 0 Å². The minimum Gasteiger partial charge on any atom is -0.385 e. The average molecular weight is 275 g/mol. The first-order chi connectivity index (χ1) is 9.02. The number of carbonyl (C=O) groups is 2. The van der Waals surface area contributed by atoms with Crippen molar-refractivity contribution < 1.29 is 19.1 Å². The highest BCUT2D eigenvalue weighted by atomic mass is 16.5. The number of likely N-dealkylation sites (N-methyl/N-ethyl adjacent to an activating group) is 1. The first-order valence-corrected chi connectivity index (χ1v) is 6.28. The molecule has 0 aliphatic carbocycles. The number of rotatable bonds is 10. The van der Waals surface area contributed by atoms with Crippen LogP contribution < -0.4 is 11.1 Å². The number of hydrogen-bond donors (Lipinski definition) is 2. The van der Waals surface area contributed by atoms with Gasteiger partial charge in [-0.15, -0.1) is 0 Å². The van der Waals surface area contributed by atoms with E-state index in [1.165, 1.54) is 4.90 Å². The van der Waals surface area contributed by atoms with Crippen LogP contribution in [0.15, 0.2) is 0 Å². The van der Waals surface area contributed by atoms with E-state index < -0.39 is 6.04 Å². The third-order valence-electron chi connectivity index (χ3n) is 2.57. The minimum atomic E-state index is -0.591. The van der Waals surface area contributed by atoms with Gasteiger partial charge in [0.05, 0.1) is 19.2 Å². The Morgan fingerprint density at radius 2 is 1.89 bits per heavy atom. The Morgan fingerprint density at radius 1 is 1.26 bits per heavy atom. The van der Waals surface area contributed by atoms with Gasteiger partial charge in [0.2, 0.25) is 11.8 Å². The van der Waals surface area contributed by atoms with Crippen molar-refractivity contribution in [3.05, 3.63) is 0 Å². The van der Waals surface area contributed by atoms with E-state index in [-0.39, 0.29) is 18.4 Å². The normalized spacial score (nSPS) is 12.0. The highest BCUT2D eigenvalue weighted by molar-refractivity contribution is 5.87. The van der Waals surface area contributed by atoms with Gasteiger partial charge >= 0.3 is 0 Å². The molecule has 2 amide bonds. The van der Waals surface area contributed by atoms with Gasteiger partial charge in [-0.25, -0.2) is 0 Å². The number of nitrogens with two attached hydrogens (primary N) is 1. The molecule has 0 rings (SSSR count). The summed E-state index contributed by atoms with van der Waals surface area (Å²) in [5.41, 5.74) is 5.76. The molecule has 0 bridgehead atoms. The van der Waals surface area contributed by atoms with Gasteiger partial charge in [-0.2, -0.15) is 0 Å². The molecular formula is C12H25N3O4. The molecule has 0 heterocycles. The fourth-order valence-corrected chi connectivity index (χ4v) is 1.50. The lowest BCUT2D eigenvalue weighted by atomic mass is 10.1. The summed E-state index contributed by atoms with van der Waals surface area (Å²) in [5, 5.41) is 2.64. The maximum atomic E-state index is 11.9. The summed E-state index contributed by atoms with van der Waals surface area (Å²) in [6, 6.07) is -0.591. The Hall–Kier alpha value is -1.18. The molecule has 0 aliphatic rings. The van der Waals surface area contributed by atoms with Crippen LogP contribution in [0.25, 0.3) is 0 Å². The van der Waals surface area contributed by atoms with Crippen molar-refractivity contribution in [3.63, 3.8) is 0 Å². The van der Waals surface area contributed by atoms with Crippen molar-refractivity contribution in [2.45, 2.75) is 18.9 Å². The topological polar surface area (TPSA) is 93.9 Å². The number of hydrogen-bond acceptors (Lipinski definition) is 5. The van der Waals surface area contributed by atoms with E-state index in [2.05, 4.69) is 5.32 Å². The molecule has 7 nitrogen and oxygen atoms in total. The summed E-state index contributed by atoms with van der Waals surface area (Å²) >= 11 is 0. The molecule has 0 aromatic carbocycles. The van der Waals surface area contributed by atoms with Gasteiger partial charge in [0, 0.05) is 34.4 Å². The molecule has 0 spiro atoms. The van der Waals surface area contributed by atoms with Crippen molar-refractivity contribution >= 4 is 11.8 Å². The molecule has 1 unspecified atom stereocenters. The van der Waals surface area contributed by atoms with E-state index in [1.807, 2.05) is 0 Å². The molecule has 112 valence electrons. The number of ether oxygens (including phenoxy) is 2. The third-order valence-corrected chi connectivity index (χ3v) is 2.57. The summed E-state index contributed by atoms with van der Waals surface area (Å²) in [6.45, 7) is 1.44. The van der Waals surface area contributed by atoms with Crippen LogP contribution in [0.3, 0.4) is 0 Å². The maximum absolute atomic E-state index is 11.9. The molecule has 3 N–H and O–H groups in total. The van der Waals surface area contributed by atoms with Gasteiger partial charge < -0.3 is 25.4 Å². The van der Waals surface area contributed by atoms with Crippen molar-refractivity contribution in [3.8, 4) is 0 Å². The van der Waals surface area contributed by atoms with Crippen LogP contribution in [0, 0.1) is 0 Å². The van der Waals surface area contributed by atoms with Gasteiger partial charge in [-0.1, -0.05) is 0 Å². The molecule has 19 heavy (non-hydrogen) atoms. The van der Waals surface area contributed by atoms with E-state index in [1.54, 1.807) is 21.3 Å². The fraction of sp³-hybridized carbons (Fsp3) is 0.833. The first kappa shape index (κ1) is 17.8. The number of nitrogens with zero attached hydrogens (tertiary/aromatic N) is 1. The van der Waals surface area contributed by atoms with Gasteiger partial charge in [-0.05, 0) is 12.8 Å².